The zero-order valence-electron chi connectivity index (χ0n) is 9.30. The molecule has 2 aromatic rings. The molecule has 0 aromatic heterocycles. The second kappa shape index (κ2) is 4.62. The van der Waals surface area contributed by atoms with E-state index in [1.807, 2.05) is 0 Å². The van der Waals surface area contributed by atoms with Crippen LogP contribution in [0, 0.1) is 0 Å². The molecule has 0 radical (unpaired) electrons. The Morgan fingerprint density at radius 2 is 1.44 bits per heavy atom. The summed E-state index contributed by atoms with van der Waals surface area (Å²) in [6.45, 7) is 0. The van der Waals surface area contributed by atoms with Crippen molar-refractivity contribution in [3.05, 3.63) is 46.9 Å². The molecule has 0 unspecified atom stereocenters. The van der Waals surface area contributed by atoms with E-state index in [0.29, 0.717) is 15.8 Å². The zero-order chi connectivity index (χ0) is 13.3. The van der Waals surface area contributed by atoms with E-state index in [9.17, 15) is 8.42 Å². The van der Waals surface area contributed by atoms with E-state index < -0.39 is 9.84 Å². The lowest BCUT2D eigenvalue weighted by atomic mass is 10.3. The average Bonchev–Trinajstić information content (AvgIpc) is 2.29. The molecule has 2 aromatic carbocycles. The molecule has 0 saturated carbocycles. The van der Waals surface area contributed by atoms with Gasteiger partial charge in [0.05, 0.1) is 9.79 Å². The molecule has 4 N–H and O–H groups in total. The fourth-order valence-corrected chi connectivity index (χ4v) is 3.86. The van der Waals surface area contributed by atoms with Gasteiger partial charge in [-0.25, -0.2) is 8.42 Å². The van der Waals surface area contributed by atoms with Crippen LogP contribution in [-0.2, 0) is 9.84 Å². The quantitative estimate of drug-likeness (QED) is 0.830. The average molecular weight is 327 g/mol. The van der Waals surface area contributed by atoms with Crippen LogP contribution in [0.25, 0.3) is 0 Å². The molecule has 0 fully saturated rings. The van der Waals surface area contributed by atoms with E-state index in [-0.39, 0.29) is 9.79 Å². The Labute approximate surface area is 114 Å². The Morgan fingerprint density at radius 1 is 0.889 bits per heavy atom. The topological polar surface area (TPSA) is 86.2 Å². The first-order valence-corrected chi connectivity index (χ1v) is 7.34. The number of hydrogen-bond acceptors (Lipinski definition) is 4. The second-order valence-corrected chi connectivity index (χ2v) is 6.53. The van der Waals surface area contributed by atoms with Crippen LogP contribution < -0.4 is 11.5 Å². The van der Waals surface area contributed by atoms with Gasteiger partial charge in [-0.2, -0.15) is 0 Å². The van der Waals surface area contributed by atoms with E-state index >= 15 is 0 Å². The van der Waals surface area contributed by atoms with E-state index in [1.165, 1.54) is 18.2 Å². The van der Waals surface area contributed by atoms with Gasteiger partial charge in [0, 0.05) is 15.8 Å². The molecule has 6 heteroatoms. The number of halogens is 1. The van der Waals surface area contributed by atoms with Crippen molar-refractivity contribution < 1.29 is 8.42 Å². The Hall–Kier alpha value is -1.53. The molecule has 0 aliphatic carbocycles. The van der Waals surface area contributed by atoms with E-state index in [4.69, 9.17) is 11.5 Å². The summed E-state index contributed by atoms with van der Waals surface area (Å²) in [6.07, 6.45) is 0. The first kappa shape index (κ1) is 12.9. The minimum absolute atomic E-state index is 0.182. The zero-order valence-corrected chi connectivity index (χ0v) is 11.7. The number of anilines is 2. The fourth-order valence-electron chi connectivity index (χ4n) is 1.51. The van der Waals surface area contributed by atoms with Gasteiger partial charge in [0.25, 0.3) is 0 Å². The SMILES string of the molecule is Nc1ccc(S(=O)(=O)c2ccc(N)cc2Br)cc1. The molecule has 0 bridgehead atoms. The van der Waals surface area contributed by atoms with Crippen molar-refractivity contribution in [3.8, 4) is 0 Å². The van der Waals surface area contributed by atoms with Gasteiger partial charge in [-0.05, 0) is 58.4 Å². The molecule has 18 heavy (non-hydrogen) atoms. The van der Waals surface area contributed by atoms with Crippen molar-refractivity contribution in [1.82, 2.24) is 0 Å². The predicted molar refractivity (Wildman–Crippen MR) is 74.9 cm³/mol. The van der Waals surface area contributed by atoms with Crippen LogP contribution in [0.2, 0.25) is 0 Å². The number of nitrogens with two attached hydrogens (primary N) is 2. The lowest BCUT2D eigenvalue weighted by Gasteiger charge is -2.07. The lowest BCUT2D eigenvalue weighted by molar-refractivity contribution is 0.595. The molecule has 94 valence electrons. The van der Waals surface area contributed by atoms with Gasteiger partial charge < -0.3 is 11.5 Å². The lowest BCUT2D eigenvalue weighted by Crippen LogP contribution is -2.03. The fraction of sp³-hybridized carbons (Fsp3) is 0. The van der Waals surface area contributed by atoms with Crippen LogP contribution >= 0.6 is 15.9 Å². The Morgan fingerprint density at radius 3 is 2.00 bits per heavy atom. The third-order valence-electron chi connectivity index (χ3n) is 2.44. The van der Waals surface area contributed by atoms with Crippen molar-refractivity contribution in [2.75, 3.05) is 11.5 Å². The molecular weight excluding hydrogens is 316 g/mol. The maximum Gasteiger partial charge on any atom is 0.207 e. The summed E-state index contributed by atoms with van der Waals surface area (Å²) in [6, 6.07) is 10.7. The Bertz CT molecular complexity index is 682. The molecule has 0 amide bonds. The highest BCUT2D eigenvalue weighted by Gasteiger charge is 2.20. The summed E-state index contributed by atoms with van der Waals surface area (Å²) in [5.74, 6) is 0. The molecule has 0 heterocycles. The number of rotatable bonds is 2. The number of hydrogen-bond donors (Lipinski definition) is 2. The maximum atomic E-state index is 12.4. The van der Waals surface area contributed by atoms with Crippen molar-refractivity contribution in [2.45, 2.75) is 9.79 Å². The van der Waals surface area contributed by atoms with Gasteiger partial charge in [0.2, 0.25) is 9.84 Å². The molecule has 0 aliphatic heterocycles. The summed E-state index contributed by atoms with van der Waals surface area (Å²) >= 11 is 3.21. The predicted octanol–water partition coefficient (Wildman–Crippen LogP) is 2.45. The highest BCUT2D eigenvalue weighted by molar-refractivity contribution is 9.10. The van der Waals surface area contributed by atoms with Crippen molar-refractivity contribution >= 4 is 37.1 Å². The number of nitrogen functional groups attached to an aromatic ring is 2. The first-order valence-electron chi connectivity index (χ1n) is 5.07. The van der Waals surface area contributed by atoms with E-state index in [1.54, 1.807) is 24.3 Å². The van der Waals surface area contributed by atoms with Crippen molar-refractivity contribution in [2.24, 2.45) is 0 Å². The van der Waals surface area contributed by atoms with Gasteiger partial charge in [-0.1, -0.05) is 0 Å². The summed E-state index contributed by atoms with van der Waals surface area (Å²) in [7, 11) is -3.56. The molecule has 2 rings (SSSR count). The minimum Gasteiger partial charge on any atom is -0.399 e. The Balaban J connectivity index is 2.58. The number of benzene rings is 2. The van der Waals surface area contributed by atoms with Crippen LogP contribution in [0.5, 0.6) is 0 Å². The number of sulfone groups is 1. The van der Waals surface area contributed by atoms with Gasteiger partial charge in [0.15, 0.2) is 0 Å². The van der Waals surface area contributed by atoms with E-state index in [0.717, 1.165) is 0 Å². The molecule has 0 spiro atoms. The van der Waals surface area contributed by atoms with Crippen LogP contribution in [0.3, 0.4) is 0 Å². The van der Waals surface area contributed by atoms with E-state index in [2.05, 4.69) is 15.9 Å². The van der Waals surface area contributed by atoms with Crippen molar-refractivity contribution in [3.63, 3.8) is 0 Å². The molecule has 0 aliphatic rings. The highest BCUT2D eigenvalue weighted by Crippen LogP contribution is 2.29. The van der Waals surface area contributed by atoms with Gasteiger partial charge >= 0.3 is 0 Å². The molecule has 4 nitrogen and oxygen atoms in total. The third-order valence-corrected chi connectivity index (χ3v) is 5.18. The summed E-state index contributed by atoms with van der Waals surface area (Å²) < 4.78 is 25.2. The highest BCUT2D eigenvalue weighted by atomic mass is 79.9. The van der Waals surface area contributed by atoms with Gasteiger partial charge in [-0.15, -0.1) is 0 Å². The molecule has 0 saturated heterocycles. The van der Waals surface area contributed by atoms with Crippen LogP contribution in [0.4, 0.5) is 11.4 Å². The third kappa shape index (κ3) is 2.34. The van der Waals surface area contributed by atoms with Crippen LogP contribution in [0.1, 0.15) is 0 Å². The monoisotopic (exact) mass is 326 g/mol. The van der Waals surface area contributed by atoms with Gasteiger partial charge in [0.1, 0.15) is 0 Å². The van der Waals surface area contributed by atoms with Crippen LogP contribution in [0.15, 0.2) is 56.7 Å². The molecular formula is C12H11BrN2O2S. The second-order valence-electron chi connectivity index (χ2n) is 3.76. The normalized spacial score (nSPS) is 11.4. The summed E-state index contributed by atoms with van der Waals surface area (Å²) in [5, 5.41) is 0. The minimum atomic E-state index is -3.56. The molecule has 0 atom stereocenters. The van der Waals surface area contributed by atoms with Gasteiger partial charge in [-0.3, -0.25) is 0 Å². The largest absolute Gasteiger partial charge is 0.399 e. The maximum absolute atomic E-state index is 12.4. The Kier molecular flexibility index (Phi) is 3.32. The smallest absolute Gasteiger partial charge is 0.207 e. The first-order chi connectivity index (χ1) is 8.41. The van der Waals surface area contributed by atoms with Crippen molar-refractivity contribution in [1.29, 1.82) is 0 Å². The summed E-state index contributed by atoms with van der Waals surface area (Å²) in [5.41, 5.74) is 12.1. The summed E-state index contributed by atoms with van der Waals surface area (Å²) in [4.78, 5) is 0.378. The standard InChI is InChI=1S/C12H11BrN2O2S/c13-11-7-9(15)3-6-12(11)18(16,17)10-4-1-8(14)2-5-10/h1-7H,14-15H2. The van der Waals surface area contributed by atoms with Crippen LogP contribution in [-0.4, -0.2) is 8.42 Å².